The summed E-state index contributed by atoms with van der Waals surface area (Å²) in [4.78, 5) is 19.2. The van der Waals surface area contributed by atoms with Gasteiger partial charge in [0.1, 0.15) is 11.7 Å². The van der Waals surface area contributed by atoms with Crippen molar-refractivity contribution < 1.29 is 33.6 Å². The molecule has 4 rings (SSSR count). The molecule has 3 aliphatic rings. The number of aliphatic hydroxyl groups is 1. The smallest absolute Gasteiger partial charge is 0.410 e. The van der Waals surface area contributed by atoms with E-state index in [0.717, 1.165) is 12.8 Å². The molecule has 184 valence electrons. The van der Waals surface area contributed by atoms with Crippen LogP contribution in [0.1, 0.15) is 59.1 Å². The van der Waals surface area contributed by atoms with E-state index in [1.807, 2.05) is 26.8 Å². The summed E-state index contributed by atoms with van der Waals surface area (Å²) < 4.78 is 30.1. The summed E-state index contributed by atoms with van der Waals surface area (Å²) in [5, 5.41) is 11.6. The lowest BCUT2D eigenvalue weighted by molar-refractivity contribution is -0.460. The molecule has 3 fully saturated rings. The minimum Gasteiger partial charge on any atom is -0.444 e. The molecular formula is C24H36N2O7. The van der Waals surface area contributed by atoms with Crippen LogP contribution in [0.4, 0.5) is 4.79 Å². The molecule has 0 aromatic carbocycles. The number of methoxy groups -OCH3 is 2. The lowest BCUT2D eigenvalue weighted by atomic mass is 9.76. The van der Waals surface area contributed by atoms with Crippen molar-refractivity contribution in [3.05, 3.63) is 30.1 Å². The molecule has 3 heterocycles. The summed E-state index contributed by atoms with van der Waals surface area (Å²) >= 11 is 0. The van der Waals surface area contributed by atoms with Gasteiger partial charge in [-0.05, 0) is 59.1 Å². The van der Waals surface area contributed by atoms with E-state index in [1.54, 1.807) is 37.2 Å². The van der Waals surface area contributed by atoms with Crippen molar-refractivity contribution in [2.24, 2.45) is 5.92 Å². The maximum absolute atomic E-state index is 13.3. The fourth-order valence-electron chi connectivity index (χ4n) is 5.20. The Morgan fingerprint density at radius 3 is 2.36 bits per heavy atom. The Kier molecular flexibility index (Phi) is 6.02. The molecule has 1 N–H and O–H groups in total. The van der Waals surface area contributed by atoms with E-state index in [0.29, 0.717) is 5.56 Å². The molecule has 9 nitrogen and oxygen atoms in total. The van der Waals surface area contributed by atoms with Gasteiger partial charge in [-0.1, -0.05) is 6.07 Å². The Bertz CT molecular complexity index is 871. The van der Waals surface area contributed by atoms with Crippen LogP contribution >= 0.6 is 0 Å². The van der Waals surface area contributed by atoms with E-state index in [9.17, 15) is 9.90 Å². The zero-order valence-electron chi connectivity index (χ0n) is 20.5. The third-order valence-electron chi connectivity index (χ3n) is 7.32. The monoisotopic (exact) mass is 464 g/mol. The van der Waals surface area contributed by atoms with Gasteiger partial charge < -0.3 is 28.8 Å². The molecule has 1 unspecified atom stereocenters. The molecular weight excluding hydrogens is 428 g/mol. The van der Waals surface area contributed by atoms with E-state index in [2.05, 4.69) is 4.98 Å². The van der Waals surface area contributed by atoms with Crippen molar-refractivity contribution in [1.82, 2.24) is 9.88 Å². The number of fused-ring (bicyclic) bond motifs is 1. The number of rotatable bonds is 4. The molecule has 2 aliphatic heterocycles. The maximum atomic E-state index is 13.3. The number of amides is 1. The maximum Gasteiger partial charge on any atom is 0.410 e. The van der Waals surface area contributed by atoms with Crippen LogP contribution in [0.5, 0.6) is 0 Å². The zero-order chi connectivity index (χ0) is 24.2. The van der Waals surface area contributed by atoms with Gasteiger partial charge in [0.2, 0.25) is 11.6 Å². The summed E-state index contributed by atoms with van der Waals surface area (Å²) in [5.41, 5.74) is -0.611. The highest BCUT2D eigenvalue weighted by atomic mass is 16.8. The van der Waals surface area contributed by atoms with Crippen molar-refractivity contribution >= 4 is 6.09 Å². The third-order valence-corrected chi connectivity index (χ3v) is 7.32. The quantitative estimate of drug-likeness (QED) is 0.726. The standard InChI is InChI=1S/C24H36N2O7/c1-21(2,3)33-20(28)26-14-16-19(32-23(5,30-7)22(4,29-6)31-16)17(24(26)10-11-24)18(27)15-9-8-12-25-13-15/h8-9,12-13,16-19,27H,10-11,14H2,1-7H3/t16-,17-,18?,19+,22+,23+/m1/s1. The number of nitrogens with zero attached hydrogens (tertiary/aromatic N) is 2. The van der Waals surface area contributed by atoms with Crippen molar-refractivity contribution in [2.75, 3.05) is 20.8 Å². The molecule has 2 saturated heterocycles. The van der Waals surface area contributed by atoms with Gasteiger partial charge in [-0.3, -0.25) is 9.88 Å². The first-order valence-corrected chi connectivity index (χ1v) is 11.4. The largest absolute Gasteiger partial charge is 0.444 e. The van der Waals surface area contributed by atoms with Crippen LogP contribution in [-0.4, -0.2) is 76.8 Å². The van der Waals surface area contributed by atoms with Crippen LogP contribution in [-0.2, 0) is 23.7 Å². The lowest BCUT2D eigenvalue weighted by Crippen LogP contribution is -2.73. The highest BCUT2D eigenvalue weighted by Crippen LogP contribution is 2.59. The highest BCUT2D eigenvalue weighted by Gasteiger charge is 2.70. The van der Waals surface area contributed by atoms with Crippen molar-refractivity contribution in [1.29, 1.82) is 0 Å². The molecule has 33 heavy (non-hydrogen) atoms. The number of aliphatic hydroxyl groups excluding tert-OH is 1. The molecule has 0 bridgehead atoms. The summed E-state index contributed by atoms with van der Waals surface area (Å²) in [6.07, 6.45) is 2.29. The van der Waals surface area contributed by atoms with E-state index in [1.165, 1.54) is 14.2 Å². The number of carbonyl (C=O) groups excluding carboxylic acids is 1. The Morgan fingerprint density at radius 1 is 1.21 bits per heavy atom. The first-order valence-electron chi connectivity index (χ1n) is 11.4. The minimum atomic E-state index is -1.22. The van der Waals surface area contributed by atoms with Crippen LogP contribution in [0.2, 0.25) is 0 Å². The number of pyridine rings is 1. The third kappa shape index (κ3) is 4.04. The predicted octanol–water partition coefficient (Wildman–Crippen LogP) is 3.02. The molecule has 9 heteroatoms. The van der Waals surface area contributed by atoms with Crippen molar-refractivity contribution in [2.45, 2.75) is 88.5 Å². The fraction of sp³-hybridized carbons (Fsp3) is 0.750. The SMILES string of the molecule is CO[C@@]1(C)O[C@@H]2[C@@H](C(O)c3cccnc3)C3(CC3)N(C(=O)OC(C)(C)C)C[C@H]2O[C@]1(C)OC. The summed E-state index contributed by atoms with van der Waals surface area (Å²) in [6.45, 7) is 9.29. The molecule has 1 aromatic rings. The lowest BCUT2D eigenvalue weighted by Gasteiger charge is -2.59. The second-order valence-electron chi connectivity index (χ2n) is 10.5. The van der Waals surface area contributed by atoms with Gasteiger partial charge in [0.15, 0.2) is 0 Å². The fourth-order valence-corrected chi connectivity index (χ4v) is 5.20. The summed E-state index contributed by atoms with van der Waals surface area (Å²) in [5.74, 6) is -2.93. The minimum absolute atomic E-state index is 0.259. The summed E-state index contributed by atoms with van der Waals surface area (Å²) in [7, 11) is 3.07. The van der Waals surface area contributed by atoms with Crippen LogP contribution in [0, 0.1) is 5.92 Å². The Labute approximate surface area is 195 Å². The van der Waals surface area contributed by atoms with Gasteiger partial charge >= 0.3 is 6.09 Å². The summed E-state index contributed by atoms with van der Waals surface area (Å²) in [6, 6.07) is 3.61. The number of ether oxygens (including phenoxy) is 5. The molecule has 1 spiro atoms. The van der Waals surface area contributed by atoms with Gasteiger partial charge in [0.25, 0.3) is 0 Å². The molecule has 6 atom stereocenters. The van der Waals surface area contributed by atoms with Gasteiger partial charge in [-0.25, -0.2) is 4.79 Å². The van der Waals surface area contributed by atoms with Gasteiger partial charge in [0.05, 0.1) is 24.3 Å². The second-order valence-corrected chi connectivity index (χ2v) is 10.5. The van der Waals surface area contributed by atoms with Crippen LogP contribution < -0.4 is 0 Å². The average molecular weight is 465 g/mol. The van der Waals surface area contributed by atoms with Gasteiger partial charge in [0, 0.05) is 32.5 Å². The molecule has 1 aliphatic carbocycles. The highest BCUT2D eigenvalue weighted by molar-refractivity contribution is 5.70. The molecule has 1 saturated carbocycles. The number of hydrogen-bond donors (Lipinski definition) is 1. The van der Waals surface area contributed by atoms with Gasteiger partial charge in [-0.15, -0.1) is 0 Å². The predicted molar refractivity (Wildman–Crippen MR) is 118 cm³/mol. The number of carbonyl (C=O) groups is 1. The first-order chi connectivity index (χ1) is 15.4. The van der Waals surface area contributed by atoms with Crippen LogP contribution in [0.15, 0.2) is 24.5 Å². The van der Waals surface area contributed by atoms with Crippen molar-refractivity contribution in [3.63, 3.8) is 0 Å². The van der Waals surface area contributed by atoms with E-state index in [-0.39, 0.29) is 6.54 Å². The number of likely N-dealkylation sites (tertiary alicyclic amines) is 1. The molecule has 1 aromatic heterocycles. The van der Waals surface area contributed by atoms with Crippen molar-refractivity contribution in [3.8, 4) is 0 Å². The van der Waals surface area contributed by atoms with Crippen LogP contribution in [0.25, 0.3) is 0 Å². The number of piperidine rings is 1. The van der Waals surface area contributed by atoms with E-state index < -0.39 is 53.0 Å². The number of aromatic nitrogens is 1. The normalized spacial score (nSPS) is 36.2. The van der Waals surface area contributed by atoms with E-state index in [4.69, 9.17) is 23.7 Å². The average Bonchev–Trinajstić information content (AvgIpc) is 3.54. The Balaban J connectivity index is 1.76. The first kappa shape index (κ1) is 24.3. The topological polar surface area (TPSA) is 99.6 Å². The van der Waals surface area contributed by atoms with E-state index >= 15 is 0 Å². The zero-order valence-corrected chi connectivity index (χ0v) is 20.5. The molecule has 1 amide bonds. The van der Waals surface area contributed by atoms with Crippen LogP contribution in [0.3, 0.4) is 0 Å². The Hall–Kier alpha value is -1.78. The Morgan fingerprint density at radius 2 is 1.85 bits per heavy atom. The molecule has 0 radical (unpaired) electrons. The number of hydrogen-bond acceptors (Lipinski definition) is 8. The second kappa shape index (κ2) is 8.16. The van der Waals surface area contributed by atoms with Gasteiger partial charge in [-0.2, -0.15) is 0 Å².